The molecule has 0 aliphatic heterocycles. The Morgan fingerprint density at radius 1 is 1.50 bits per heavy atom. The zero-order chi connectivity index (χ0) is 10.6. The molecule has 0 aliphatic rings. The average molecular weight is 196 g/mol. The number of carbonyl (C=O) groups is 1. The molecule has 1 atom stereocenters. The number of rotatable bonds is 4. The van der Waals surface area contributed by atoms with Crippen molar-refractivity contribution in [3.8, 4) is 0 Å². The lowest BCUT2D eigenvalue weighted by Crippen LogP contribution is -2.26. The zero-order valence-electron chi connectivity index (χ0n) is 8.03. The van der Waals surface area contributed by atoms with Gasteiger partial charge < -0.3 is 9.90 Å². The Balaban J connectivity index is 3.11. The minimum Gasteiger partial charge on any atom is -0.385 e. The van der Waals surface area contributed by atoms with Gasteiger partial charge in [-0.1, -0.05) is 25.1 Å². The summed E-state index contributed by atoms with van der Waals surface area (Å²) >= 11 is 0. The molecule has 1 unspecified atom stereocenters. The van der Waals surface area contributed by atoms with Gasteiger partial charge in [0.05, 0.1) is 5.60 Å². The molecule has 3 heteroatoms. The summed E-state index contributed by atoms with van der Waals surface area (Å²) in [4.78, 5) is 10.4. The van der Waals surface area contributed by atoms with Crippen molar-refractivity contribution in [3.05, 3.63) is 35.6 Å². The molecule has 0 fully saturated rings. The number of hydrogen-bond donors (Lipinski definition) is 1. The van der Waals surface area contributed by atoms with E-state index in [-0.39, 0.29) is 12.0 Å². The predicted molar refractivity (Wildman–Crippen MR) is 51.3 cm³/mol. The first-order valence-corrected chi connectivity index (χ1v) is 4.55. The van der Waals surface area contributed by atoms with Crippen molar-refractivity contribution in [2.75, 3.05) is 0 Å². The predicted octanol–water partition coefficient (Wildman–Crippen LogP) is 2.01. The third-order valence-electron chi connectivity index (χ3n) is 2.38. The van der Waals surface area contributed by atoms with E-state index in [9.17, 15) is 14.3 Å². The Bertz CT molecular complexity index is 325. The minimum atomic E-state index is -1.37. The molecule has 0 heterocycles. The molecule has 14 heavy (non-hydrogen) atoms. The first kappa shape index (κ1) is 10.9. The maximum atomic E-state index is 13.3. The number of aldehydes is 1. The number of halogens is 1. The first-order chi connectivity index (χ1) is 6.64. The highest BCUT2D eigenvalue weighted by molar-refractivity contribution is 5.52. The van der Waals surface area contributed by atoms with Crippen LogP contribution in [0.2, 0.25) is 0 Å². The molecule has 0 amide bonds. The van der Waals surface area contributed by atoms with Crippen molar-refractivity contribution in [2.45, 2.75) is 25.4 Å². The number of carbonyl (C=O) groups excluding carboxylic acids is 1. The van der Waals surface area contributed by atoms with Crippen molar-refractivity contribution in [2.24, 2.45) is 0 Å². The summed E-state index contributed by atoms with van der Waals surface area (Å²) in [5, 5.41) is 10.0. The fourth-order valence-corrected chi connectivity index (χ4v) is 1.42. The van der Waals surface area contributed by atoms with E-state index in [0.717, 1.165) is 0 Å². The molecule has 0 aliphatic carbocycles. The second-order valence-corrected chi connectivity index (χ2v) is 3.24. The van der Waals surface area contributed by atoms with Crippen molar-refractivity contribution >= 4 is 6.29 Å². The summed E-state index contributed by atoms with van der Waals surface area (Å²) in [6, 6.07) is 5.97. The Morgan fingerprint density at radius 2 is 2.14 bits per heavy atom. The van der Waals surface area contributed by atoms with Crippen LogP contribution in [0.15, 0.2) is 24.3 Å². The molecule has 0 saturated carbocycles. The van der Waals surface area contributed by atoms with Gasteiger partial charge in [0.1, 0.15) is 12.1 Å². The summed E-state index contributed by atoms with van der Waals surface area (Å²) in [5.74, 6) is -0.473. The van der Waals surface area contributed by atoms with Crippen LogP contribution in [-0.2, 0) is 10.4 Å². The summed E-state index contributed by atoms with van der Waals surface area (Å²) in [6.45, 7) is 1.72. The molecule has 2 nitrogen and oxygen atoms in total. The molecule has 0 bridgehead atoms. The van der Waals surface area contributed by atoms with Gasteiger partial charge in [0.15, 0.2) is 0 Å². The molecule has 1 aromatic carbocycles. The minimum absolute atomic E-state index is 0.0789. The Morgan fingerprint density at radius 3 is 2.64 bits per heavy atom. The molecule has 76 valence electrons. The van der Waals surface area contributed by atoms with Crippen LogP contribution >= 0.6 is 0 Å². The van der Waals surface area contributed by atoms with Gasteiger partial charge in [-0.05, 0) is 12.5 Å². The molecule has 1 rings (SSSR count). The van der Waals surface area contributed by atoms with Gasteiger partial charge >= 0.3 is 0 Å². The van der Waals surface area contributed by atoms with Crippen molar-refractivity contribution < 1.29 is 14.3 Å². The van der Waals surface area contributed by atoms with Crippen LogP contribution in [0.1, 0.15) is 25.3 Å². The fraction of sp³-hybridized carbons (Fsp3) is 0.364. The van der Waals surface area contributed by atoms with E-state index in [4.69, 9.17) is 0 Å². The van der Waals surface area contributed by atoms with Crippen molar-refractivity contribution in [1.29, 1.82) is 0 Å². The first-order valence-electron chi connectivity index (χ1n) is 4.55. The third-order valence-corrected chi connectivity index (χ3v) is 2.38. The fourth-order valence-electron chi connectivity index (χ4n) is 1.42. The second-order valence-electron chi connectivity index (χ2n) is 3.24. The van der Waals surface area contributed by atoms with Gasteiger partial charge in [-0.15, -0.1) is 0 Å². The number of benzene rings is 1. The largest absolute Gasteiger partial charge is 0.385 e. The zero-order valence-corrected chi connectivity index (χ0v) is 8.03. The Hall–Kier alpha value is -1.22. The SMILES string of the molecule is CCC(O)(CC=O)c1ccccc1F. The molecular formula is C11H13FO2. The van der Waals surface area contributed by atoms with E-state index >= 15 is 0 Å². The van der Waals surface area contributed by atoms with Gasteiger partial charge in [-0.25, -0.2) is 4.39 Å². The van der Waals surface area contributed by atoms with E-state index in [1.807, 2.05) is 0 Å². The molecule has 1 N–H and O–H groups in total. The summed E-state index contributed by atoms with van der Waals surface area (Å²) < 4.78 is 13.3. The standard InChI is InChI=1S/C11H13FO2/c1-2-11(14,7-8-13)9-5-3-4-6-10(9)12/h3-6,8,14H,2,7H2,1H3. The quantitative estimate of drug-likeness (QED) is 0.748. The summed E-state index contributed by atoms with van der Waals surface area (Å²) in [7, 11) is 0. The smallest absolute Gasteiger partial charge is 0.129 e. The van der Waals surface area contributed by atoms with Crippen LogP contribution < -0.4 is 0 Å². The lowest BCUT2D eigenvalue weighted by Gasteiger charge is -2.25. The second kappa shape index (κ2) is 4.33. The van der Waals surface area contributed by atoms with Gasteiger partial charge in [0.25, 0.3) is 0 Å². The molecular weight excluding hydrogens is 183 g/mol. The lowest BCUT2D eigenvalue weighted by molar-refractivity contribution is -0.113. The molecule has 0 spiro atoms. The average Bonchev–Trinajstić information content (AvgIpc) is 2.18. The van der Waals surface area contributed by atoms with E-state index in [0.29, 0.717) is 12.7 Å². The highest BCUT2D eigenvalue weighted by atomic mass is 19.1. The topological polar surface area (TPSA) is 37.3 Å². The van der Waals surface area contributed by atoms with E-state index < -0.39 is 11.4 Å². The summed E-state index contributed by atoms with van der Waals surface area (Å²) in [6.07, 6.45) is 0.840. The van der Waals surface area contributed by atoms with Crippen molar-refractivity contribution in [3.63, 3.8) is 0 Å². The van der Waals surface area contributed by atoms with Gasteiger partial charge in [0.2, 0.25) is 0 Å². The van der Waals surface area contributed by atoms with E-state index in [2.05, 4.69) is 0 Å². The van der Waals surface area contributed by atoms with E-state index in [1.165, 1.54) is 12.1 Å². The Kier molecular flexibility index (Phi) is 3.36. The van der Waals surface area contributed by atoms with Crippen LogP contribution in [0.4, 0.5) is 4.39 Å². The molecule has 0 saturated heterocycles. The van der Waals surface area contributed by atoms with E-state index in [1.54, 1.807) is 19.1 Å². The van der Waals surface area contributed by atoms with Crippen LogP contribution in [0, 0.1) is 5.82 Å². The van der Waals surface area contributed by atoms with Crippen molar-refractivity contribution in [1.82, 2.24) is 0 Å². The lowest BCUT2D eigenvalue weighted by atomic mass is 9.88. The number of hydrogen-bond acceptors (Lipinski definition) is 2. The molecule has 0 radical (unpaired) electrons. The Labute approximate surface area is 82.4 Å². The summed E-state index contributed by atoms with van der Waals surface area (Å²) in [5.41, 5.74) is -1.18. The third kappa shape index (κ3) is 1.99. The number of aliphatic hydroxyl groups is 1. The normalized spacial score (nSPS) is 14.8. The van der Waals surface area contributed by atoms with Crippen LogP contribution in [-0.4, -0.2) is 11.4 Å². The highest BCUT2D eigenvalue weighted by Gasteiger charge is 2.29. The van der Waals surface area contributed by atoms with Gasteiger partial charge in [0, 0.05) is 12.0 Å². The van der Waals surface area contributed by atoms with Crippen LogP contribution in [0.5, 0.6) is 0 Å². The highest BCUT2D eigenvalue weighted by Crippen LogP contribution is 2.29. The van der Waals surface area contributed by atoms with Gasteiger partial charge in [-0.2, -0.15) is 0 Å². The van der Waals surface area contributed by atoms with Gasteiger partial charge in [-0.3, -0.25) is 0 Å². The molecule has 1 aromatic rings. The molecule has 0 aromatic heterocycles. The maximum absolute atomic E-state index is 13.3. The monoisotopic (exact) mass is 196 g/mol. The van der Waals surface area contributed by atoms with Crippen LogP contribution in [0.3, 0.4) is 0 Å². The maximum Gasteiger partial charge on any atom is 0.129 e. The van der Waals surface area contributed by atoms with Crippen LogP contribution in [0.25, 0.3) is 0 Å².